The van der Waals surface area contributed by atoms with Gasteiger partial charge in [-0.1, -0.05) is 0 Å². The number of nitrogens with zero attached hydrogens (tertiary/aromatic N) is 1. The zero-order chi connectivity index (χ0) is 13.8. The fourth-order valence-corrected chi connectivity index (χ4v) is 2.25. The maximum atomic E-state index is 12.3. The number of nitrogens with one attached hydrogen (secondary N) is 1. The van der Waals surface area contributed by atoms with E-state index < -0.39 is 0 Å². The van der Waals surface area contributed by atoms with Crippen molar-refractivity contribution in [2.75, 3.05) is 32.7 Å². The highest BCUT2D eigenvalue weighted by Crippen LogP contribution is 2.19. The van der Waals surface area contributed by atoms with Crippen molar-refractivity contribution in [2.45, 2.75) is 12.2 Å². The number of ether oxygens (including phenoxy) is 2. The number of benzene rings is 1. The van der Waals surface area contributed by atoms with Crippen molar-refractivity contribution in [3.05, 3.63) is 29.8 Å². The molecule has 6 heteroatoms. The van der Waals surface area contributed by atoms with Crippen molar-refractivity contribution < 1.29 is 14.3 Å². The average molecular weight is 265 g/mol. The number of nitrogen functional groups attached to an aromatic ring is 1. The van der Waals surface area contributed by atoms with Gasteiger partial charge in [-0.2, -0.15) is 0 Å². The number of carbonyl (C=O) groups is 1. The zero-order valence-corrected chi connectivity index (χ0v) is 11.1. The number of hydrogen-bond donors (Lipinski definition) is 2. The van der Waals surface area contributed by atoms with Gasteiger partial charge in [-0.15, -0.1) is 0 Å². The molecule has 0 aliphatic carbocycles. The molecule has 1 aliphatic rings. The summed E-state index contributed by atoms with van der Waals surface area (Å²) in [5.41, 5.74) is 3.93. The maximum absolute atomic E-state index is 12.3. The van der Waals surface area contributed by atoms with Crippen LogP contribution in [0.25, 0.3) is 0 Å². The van der Waals surface area contributed by atoms with Crippen LogP contribution in [0.15, 0.2) is 24.3 Å². The second kappa shape index (κ2) is 6.01. The minimum absolute atomic E-state index is 0.0230. The standard InChI is InChI=1S/C13H19N3O3/c1-18-11-7-16(8-12(11)19-2)13(17)9-3-5-10(15-14)6-4-9/h3-6,11-12,15H,7-8,14H2,1-2H3. The Labute approximate surface area is 112 Å². The Morgan fingerprint density at radius 3 is 2.16 bits per heavy atom. The zero-order valence-electron chi connectivity index (χ0n) is 11.1. The first-order valence-corrected chi connectivity index (χ1v) is 6.11. The number of methoxy groups -OCH3 is 2. The average Bonchev–Trinajstić information content (AvgIpc) is 2.89. The van der Waals surface area contributed by atoms with Gasteiger partial charge < -0.3 is 19.8 Å². The van der Waals surface area contributed by atoms with Crippen molar-refractivity contribution in [3.8, 4) is 0 Å². The van der Waals surface area contributed by atoms with E-state index in [9.17, 15) is 4.79 Å². The molecule has 0 bridgehead atoms. The Morgan fingerprint density at radius 1 is 1.21 bits per heavy atom. The van der Waals surface area contributed by atoms with Crippen LogP contribution < -0.4 is 11.3 Å². The molecule has 1 heterocycles. The smallest absolute Gasteiger partial charge is 0.254 e. The number of hydrazine groups is 1. The molecule has 0 spiro atoms. The number of amides is 1. The SMILES string of the molecule is COC1CN(C(=O)c2ccc(NN)cc2)CC1OC. The van der Waals surface area contributed by atoms with Gasteiger partial charge in [0.1, 0.15) is 12.2 Å². The van der Waals surface area contributed by atoms with Gasteiger partial charge in [0.25, 0.3) is 5.91 Å². The number of likely N-dealkylation sites (tertiary alicyclic amines) is 1. The van der Waals surface area contributed by atoms with Gasteiger partial charge in [0, 0.05) is 38.6 Å². The van der Waals surface area contributed by atoms with Crippen LogP contribution in [-0.2, 0) is 9.47 Å². The lowest BCUT2D eigenvalue weighted by Gasteiger charge is -2.16. The summed E-state index contributed by atoms with van der Waals surface area (Å²) in [5, 5.41) is 0. The van der Waals surface area contributed by atoms with Gasteiger partial charge in [-0.3, -0.25) is 10.6 Å². The van der Waals surface area contributed by atoms with Gasteiger partial charge in [-0.25, -0.2) is 0 Å². The van der Waals surface area contributed by atoms with Crippen molar-refractivity contribution in [3.63, 3.8) is 0 Å². The molecule has 0 radical (unpaired) electrons. The molecule has 0 aromatic heterocycles. The third-order valence-corrected chi connectivity index (χ3v) is 3.41. The van der Waals surface area contributed by atoms with Crippen molar-refractivity contribution in [1.82, 2.24) is 4.90 Å². The molecule has 2 unspecified atom stereocenters. The third kappa shape index (κ3) is 2.86. The Bertz CT molecular complexity index is 423. The first-order valence-electron chi connectivity index (χ1n) is 6.11. The topological polar surface area (TPSA) is 76.8 Å². The van der Waals surface area contributed by atoms with Crippen molar-refractivity contribution in [2.24, 2.45) is 5.84 Å². The largest absolute Gasteiger partial charge is 0.377 e. The van der Waals surface area contributed by atoms with Crippen LogP contribution in [0.4, 0.5) is 5.69 Å². The highest BCUT2D eigenvalue weighted by Gasteiger charge is 2.35. The molecule has 1 aliphatic heterocycles. The molecule has 1 amide bonds. The normalized spacial score (nSPS) is 22.6. The molecule has 1 aromatic rings. The number of rotatable bonds is 4. The maximum Gasteiger partial charge on any atom is 0.254 e. The third-order valence-electron chi connectivity index (χ3n) is 3.41. The molecule has 19 heavy (non-hydrogen) atoms. The van der Waals surface area contributed by atoms with Crippen LogP contribution in [0.1, 0.15) is 10.4 Å². The van der Waals surface area contributed by atoms with Crippen LogP contribution in [0.3, 0.4) is 0 Å². The first kappa shape index (κ1) is 13.8. The van der Waals surface area contributed by atoms with Crippen LogP contribution in [0.5, 0.6) is 0 Å². The lowest BCUT2D eigenvalue weighted by atomic mass is 10.2. The molecule has 2 rings (SSSR count). The lowest BCUT2D eigenvalue weighted by molar-refractivity contribution is -0.00461. The van der Waals surface area contributed by atoms with E-state index in [1.165, 1.54) is 0 Å². The van der Waals surface area contributed by atoms with Gasteiger partial charge >= 0.3 is 0 Å². The molecule has 1 fully saturated rings. The van der Waals surface area contributed by atoms with E-state index in [4.69, 9.17) is 15.3 Å². The number of hydrogen-bond acceptors (Lipinski definition) is 5. The van der Waals surface area contributed by atoms with Crippen LogP contribution in [0.2, 0.25) is 0 Å². The lowest BCUT2D eigenvalue weighted by Crippen LogP contribution is -2.30. The summed E-state index contributed by atoms with van der Waals surface area (Å²) < 4.78 is 10.6. The second-order valence-electron chi connectivity index (χ2n) is 4.48. The van der Waals surface area contributed by atoms with E-state index in [1.807, 2.05) is 0 Å². The minimum atomic E-state index is -0.0704. The fourth-order valence-electron chi connectivity index (χ4n) is 2.25. The van der Waals surface area contributed by atoms with E-state index >= 15 is 0 Å². The summed E-state index contributed by atoms with van der Waals surface area (Å²) in [6, 6.07) is 7.04. The first-order chi connectivity index (χ1) is 9.19. The summed E-state index contributed by atoms with van der Waals surface area (Å²) in [6.45, 7) is 1.09. The number of nitrogens with two attached hydrogens (primary N) is 1. The van der Waals surface area contributed by atoms with E-state index in [2.05, 4.69) is 5.43 Å². The predicted molar refractivity (Wildman–Crippen MR) is 71.7 cm³/mol. The Kier molecular flexibility index (Phi) is 4.36. The van der Waals surface area contributed by atoms with Gasteiger partial charge in [0.2, 0.25) is 0 Å². The fraction of sp³-hybridized carbons (Fsp3) is 0.462. The summed E-state index contributed by atoms with van der Waals surface area (Å²) in [6.07, 6.45) is -0.141. The van der Waals surface area contributed by atoms with Crippen LogP contribution in [0, 0.1) is 0 Å². The minimum Gasteiger partial charge on any atom is -0.377 e. The molecule has 1 aromatic carbocycles. The quantitative estimate of drug-likeness (QED) is 0.611. The summed E-state index contributed by atoms with van der Waals surface area (Å²) in [5.74, 6) is 5.27. The Hall–Kier alpha value is -1.63. The van der Waals surface area contributed by atoms with Gasteiger partial charge in [0.05, 0.1) is 0 Å². The molecular formula is C13H19N3O3. The second-order valence-corrected chi connectivity index (χ2v) is 4.48. The summed E-state index contributed by atoms with van der Waals surface area (Å²) >= 11 is 0. The van der Waals surface area contributed by atoms with E-state index in [1.54, 1.807) is 43.4 Å². The predicted octanol–water partition coefficient (Wildman–Crippen LogP) is 0.458. The molecule has 2 atom stereocenters. The van der Waals surface area contributed by atoms with Crippen LogP contribution in [-0.4, -0.2) is 50.3 Å². The van der Waals surface area contributed by atoms with Gasteiger partial charge in [0.15, 0.2) is 0 Å². The number of carbonyl (C=O) groups excluding carboxylic acids is 1. The molecule has 1 saturated heterocycles. The van der Waals surface area contributed by atoms with Gasteiger partial charge in [-0.05, 0) is 24.3 Å². The van der Waals surface area contributed by atoms with Crippen molar-refractivity contribution >= 4 is 11.6 Å². The molecule has 104 valence electrons. The number of anilines is 1. The van der Waals surface area contributed by atoms with E-state index in [0.717, 1.165) is 5.69 Å². The Balaban J connectivity index is 2.07. The van der Waals surface area contributed by atoms with E-state index in [-0.39, 0.29) is 18.1 Å². The highest BCUT2D eigenvalue weighted by molar-refractivity contribution is 5.94. The molecule has 0 saturated carbocycles. The molecule has 3 N–H and O–H groups in total. The molecular weight excluding hydrogens is 246 g/mol. The summed E-state index contributed by atoms with van der Waals surface area (Å²) in [7, 11) is 3.26. The summed E-state index contributed by atoms with van der Waals surface area (Å²) in [4.78, 5) is 14.1. The molecule has 6 nitrogen and oxygen atoms in total. The highest BCUT2D eigenvalue weighted by atomic mass is 16.5. The van der Waals surface area contributed by atoms with E-state index in [0.29, 0.717) is 18.7 Å². The van der Waals surface area contributed by atoms with Crippen molar-refractivity contribution in [1.29, 1.82) is 0 Å². The Morgan fingerprint density at radius 2 is 1.74 bits per heavy atom. The monoisotopic (exact) mass is 265 g/mol. The van der Waals surface area contributed by atoms with Crippen LogP contribution >= 0.6 is 0 Å².